The Morgan fingerprint density at radius 1 is 1.06 bits per heavy atom. The maximum atomic E-state index is 13.3. The molecule has 1 saturated carbocycles. The fraction of sp³-hybridized carbons (Fsp3) is 0.360. The second kappa shape index (κ2) is 7.02. The number of fused-ring (bicyclic) bond motifs is 2. The van der Waals surface area contributed by atoms with E-state index in [1.54, 1.807) is 6.07 Å². The van der Waals surface area contributed by atoms with Crippen LogP contribution in [0.4, 0.5) is 5.69 Å². The summed E-state index contributed by atoms with van der Waals surface area (Å²) in [5, 5.41) is 3.89. The molecule has 0 radical (unpaired) electrons. The quantitative estimate of drug-likeness (QED) is 0.584. The van der Waals surface area contributed by atoms with Gasteiger partial charge in [-0.15, -0.1) is 0 Å². The van der Waals surface area contributed by atoms with Crippen LogP contribution in [0, 0.1) is 0 Å². The minimum absolute atomic E-state index is 0.0990. The molecule has 1 fully saturated rings. The third-order valence-corrected chi connectivity index (χ3v) is 6.31. The van der Waals surface area contributed by atoms with Gasteiger partial charge >= 0.3 is 5.97 Å². The number of aromatic amines is 1. The van der Waals surface area contributed by atoms with Crippen LogP contribution in [0.3, 0.4) is 0 Å². The molecule has 2 N–H and O–H groups in total. The molecule has 5 rings (SSSR count). The number of benzene rings is 2. The number of H-pyrrole nitrogens is 1. The van der Waals surface area contributed by atoms with Crippen molar-refractivity contribution in [1.29, 1.82) is 0 Å². The van der Waals surface area contributed by atoms with E-state index in [4.69, 9.17) is 14.2 Å². The summed E-state index contributed by atoms with van der Waals surface area (Å²) in [5.74, 6) is 0.807. The highest BCUT2D eigenvalue weighted by molar-refractivity contribution is 6.08. The van der Waals surface area contributed by atoms with Crippen molar-refractivity contribution in [2.75, 3.05) is 19.2 Å². The molecule has 2 aliphatic rings. The Labute approximate surface area is 186 Å². The highest BCUT2D eigenvalue weighted by Crippen LogP contribution is 2.51. The lowest BCUT2D eigenvalue weighted by Gasteiger charge is -2.17. The largest absolute Gasteiger partial charge is 0.465 e. The monoisotopic (exact) mass is 434 g/mol. The van der Waals surface area contributed by atoms with Gasteiger partial charge in [0.1, 0.15) is 0 Å². The number of aromatic nitrogens is 1. The zero-order valence-corrected chi connectivity index (χ0v) is 18.6. The predicted molar refractivity (Wildman–Crippen MR) is 120 cm³/mol. The zero-order chi connectivity index (χ0) is 22.7. The van der Waals surface area contributed by atoms with Gasteiger partial charge in [-0.1, -0.05) is 26.8 Å². The van der Waals surface area contributed by atoms with Gasteiger partial charge in [0.15, 0.2) is 11.5 Å². The Balaban J connectivity index is 1.49. The van der Waals surface area contributed by atoms with E-state index in [0.717, 1.165) is 29.5 Å². The molecule has 1 aromatic heterocycles. The molecular weight excluding hydrogens is 408 g/mol. The van der Waals surface area contributed by atoms with E-state index in [2.05, 4.69) is 31.1 Å². The molecular formula is C25H26N2O5. The van der Waals surface area contributed by atoms with Crippen LogP contribution in [-0.2, 0) is 20.4 Å². The first-order valence-electron chi connectivity index (χ1n) is 10.7. The number of carbonyl (C=O) groups is 2. The molecule has 0 bridgehead atoms. The van der Waals surface area contributed by atoms with Crippen LogP contribution in [0.2, 0.25) is 0 Å². The van der Waals surface area contributed by atoms with E-state index in [-0.39, 0.29) is 18.1 Å². The van der Waals surface area contributed by atoms with Gasteiger partial charge in [-0.25, -0.2) is 4.79 Å². The summed E-state index contributed by atoms with van der Waals surface area (Å²) in [6.07, 6.45) is 1.51. The second-order valence-electron chi connectivity index (χ2n) is 9.52. The highest BCUT2D eigenvalue weighted by atomic mass is 16.7. The van der Waals surface area contributed by atoms with Gasteiger partial charge < -0.3 is 24.5 Å². The average molecular weight is 434 g/mol. The normalized spacial score (nSPS) is 16.1. The van der Waals surface area contributed by atoms with Crippen LogP contribution in [0.5, 0.6) is 11.5 Å². The van der Waals surface area contributed by atoms with Gasteiger partial charge in [-0.05, 0) is 48.7 Å². The Kier molecular flexibility index (Phi) is 4.48. The fourth-order valence-corrected chi connectivity index (χ4v) is 4.21. The van der Waals surface area contributed by atoms with Crippen LogP contribution in [0.15, 0.2) is 36.4 Å². The molecule has 3 aromatic rings. The van der Waals surface area contributed by atoms with Gasteiger partial charge in [0.05, 0.1) is 23.6 Å². The molecule has 0 atom stereocenters. The number of ether oxygens (including phenoxy) is 3. The number of nitrogens with one attached hydrogen (secondary N) is 2. The fourth-order valence-electron chi connectivity index (χ4n) is 4.21. The van der Waals surface area contributed by atoms with E-state index in [1.165, 1.54) is 7.11 Å². The van der Waals surface area contributed by atoms with Gasteiger partial charge in [0, 0.05) is 22.2 Å². The van der Waals surface area contributed by atoms with Gasteiger partial charge in [0.2, 0.25) is 12.7 Å². The van der Waals surface area contributed by atoms with Crippen molar-refractivity contribution in [1.82, 2.24) is 4.98 Å². The Morgan fingerprint density at radius 3 is 2.50 bits per heavy atom. The number of hydrogen-bond acceptors (Lipinski definition) is 5. The molecule has 1 amide bonds. The summed E-state index contributed by atoms with van der Waals surface area (Å²) < 4.78 is 15.9. The zero-order valence-electron chi connectivity index (χ0n) is 18.6. The average Bonchev–Trinajstić information content (AvgIpc) is 3.23. The molecule has 1 aliphatic heterocycles. The summed E-state index contributed by atoms with van der Waals surface area (Å²) in [6, 6.07) is 11.2. The summed E-state index contributed by atoms with van der Waals surface area (Å²) in [7, 11) is 1.35. The Bertz CT molecular complexity index is 1250. The maximum absolute atomic E-state index is 13.3. The van der Waals surface area contributed by atoms with Crippen molar-refractivity contribution in [2.24, 2.45) is 0 Å². The number of methoxy groups -OCH3 is 1. The number of anilines is 1. The first kappa shape index (κ1) is 20.4. The van der Waals surface area contributed by atoms with Crippen molar-refractivity contribution < 1.29 is 23.8 Å². The summed E-state index contributed by atoms with van der Waals surface area (Å²) in [6.45, 7) is 6.49. The topological polar surface area (TPSA) is 89.7 Å². The summed E-state index contributed by atoms with van der Waals surface area (Å²) in [4.78, 5) is 29.2. The van der Waals surface area contributed by atoms with Crippen molar-refractivity contribution >= 4 is 28.5 Å². The minimum atomic E-state index is -0.601. The molecule has 32 heavy (non-hydrogen) atoms. The third-order valence-electron chi connectivity index (χ3n) is 6.31. The van der Waals surface area contributed by atoms with Crippen molar-refractivity contribution in [3.8, 4) is 11.5 Å². The van der Waals surface area contributed by atoms with E-state index < -0.39 is 11.4 Å². The molecule has 1 aliphatic carbocycles. The number of hydrogen-bond donors (Lipinski definition) is 2. The SMILES string of the molecule is COC(=O)c1cc(NC(=O)C2(c3ccc4c(c3)OCO4)CC2)cc2cc(C(C)(C)C)[nH]c12. The number of rotatable bonds is 4. The van der Waals surface area contributed by atoms with Gasteiger partial charge in [-0.3, -0.25) is 4.79 Å². The Hall–Kier alpha value is -3.48. The first-order chi connectivity index (χ1) is 15.2. The van der Waals surface area contributed by atoms with Crippen LogP contribution in [0.25, 0.3) is 10.9 Å². The van der Waals surface area contributed by atoms with E-state index in [1.807, 2.05) is 30.3 Å². The molecule has 0 saturated heterocycles. The van der Waals surface area contributed by atoms with Crippen molar-refractivity contribution in [3.05, 3.63) is 53.2 Å². The summed E-state index contributed by atoms with van der Waals surface area (Å²) >= 11 is 0. The molecule has 0 spiro atoms. The van der Waals surface area contributed by atoms with Gasteiger partial charge in [-0.2, -0.15) is 0 Å². The number of carbonyl (C=O) groups excluding carboxylic acids is 2. The standard InChI is InChI=1S/C25H26N2O5/c1-24(2,3)20-10-14-9-16(12-17(21(14)27-20)22(28)30-4)26-23(29)25(7-8-25)15-5-6-18-19(11-15)32-13-31-18/h5-6,9-12,27H,7-8,13H2,1-4H3,(H,26,29). The predicted octanol–water partition coefficient (Wildman–Crippen LogP) is 4.65. The van der Waals surface area contributed by atoms with Crippen LogP contribution < -0.4 is 14.8 Å². The van der Waals surface area contributed by atoms with Crippen LogP contribution >= 0.6 is 0 Å². The van der Waals surface area contributed by atoms with Crippen LogP contribution in [-0.4, -0.2) is 30.8 Å². The smallest absolute Gasteiger partial charge is 0.340 e. The lowest BCUT2D eigenvalue weighted by Crippen LogP contribution is -2.27. The number of esters is 1. The molecule has 0 unspecified atom stereocenters. The van der Waals surface area contributed by atoms with E-state index >= 15 is 0 Å². The van der Waals surface area contributed by atoms with E-state index in [9.17, 15) is 9.59 Å². The molecule has 7 heteroatoms. The lowest BCUT2D eigenvalue weighted by atomic mass is 9.92. The first-order valence-corrected chi connectivity index (χ1v) is 10.7. The highest BCUT2D eigenvalue weighted by Gasteiger charge is 2.51. The molecule has 166 valence electrons. The molecule has 2 heterocycles. The summed E-state index contributed by atoms with van der Waals surface area (Å²) in [5.41, 5.74) is 2.85. The maximum Gasteiger partial charge on any atom is 0.340 e. The molecule has 2 aromatic carbocycles. The Morgan fingerprint density at radius 2 is 1.81 bits per heavy atom. The number of amides is 1. The van der Waals surface area contributed by atoms with Crippen molar-refractivity contribution in [3.63, 3.8) is 0 Å². The molecule has 7 nitrogen and oxygen atoms in total. The second-order valence-corrected chi connectivity index (χ2v) is 9.52. The van der Waals surface area contributed by atoms with Crippen molar-refractivity contribution in [2.45, 2.75) is 44.4 Å². The minimum Gasteiger partial charge on any atom is -0.465 e. The van der Waals surface area contributed by atoms with Crippen LogP contribution in [0.1, 0.15) is 55.2 Å². The van der Waals surface area contributed by atoms with E-state index in [0.29, 0.717) is 28.3 Å². The lowest BCUT2D eigenvalue weighted by molar-refractivity contribution is -0.118. The third kappa shape index (κ3) is 3.28. The van der Waals surface area contributed by atoms with Gasteiger partial charge in [0.25, 0.3) is 0 Å².